The Hall–Kier alpha value is -1.10. The quantitative estimate of drug-likeness (QED) is 0.916. The molecule has 0 unspecified atom stereocenters. The minimum absolute atomic E-state index is 0.00851. The number of halogens is 1. The highest BCUT2D eigenvalue weighted by molar-refractivity contribution is 6.30. The van der Waals surface area contributed by atoms with Gasteiger partial charge in [-0.1, -0.05) is 23.7 Å². The monoisotopic (exact) mass is 282 g/mol. The van der Waals surface area contributed by atoms with Crippen LogP contribution in [0.2, 0.25) is 5.02 Å². The number of hydrogen-bond acceptors (Lipinski definition) is 3. The number of rotatable bonds is 4. The minimum Gasteiger partial charge on any atom is -0.379 e. The standard InChI is InChI=1S/C14H19ClN2O2/c1-11(12-2-4-13(15)5-3-12)16-14(18)10-17-6-8-19-9-7-17/h2-5,11H,6-10H2,1H3,(H,16,18)/t11-/m1/s1. The van der Waals surface area contributed by atoms with Crippen LogP contribution in [0.3, 0.4) is 0 Å². The zero-order chi connectivity index (χ0) is 13.7. The third-order valence-corrected chi connectivity index (χ3v) is 3.47. The zero-order valence-corrected chi connectivity index (χ0v) is 11.8. The molecule has 1 amide bonds. The van der Waals surface area contributed by atoms with Gasteiger partial charge in [0.1, 0.15) is 0 Å². The van der Waals surface area contributed by atoms with Gasteiger partial charge in [-0.2, -0.15) is 0 Å². The average Bonchev–Trinajstić information content (AvgIpc) is 2.40. The predicted octanol–water partition coefficient (Wildman–Crippen LogP) is 1.85. The maximum absolute atomic E-state index is 11.9. The average molecular weight is 283 g/mol. The summed E-state index contributed by atoms with van der Waals surface area (Å²) in [4.78, 5) is 14.0. The van der Waals surface area contributed by atoms with E-state index in [2.05, 4.69) is 10.2 Å². The molecule has 2 rings (SSSR count). The summed E-state index contributed by atoms with van der Waals surface area (Å²) in [5, 5.41) is 3.70. The second kappa shape index (κ2) is 6.89. The van der Waals surface area contributed by atoms with Gasteiger partial charge in [-0.3, -0.25) is 9.69 Å². The summed E-state index contributed by atoms with van der Waals surface area (Å²) in [6.45, 7) is 5.47. The van der Waals surface area contributed by atoms with Crippen LogP contribution in [-0.4, -0.2) is 43.7 Å². The molecule has 0 saturated carbocycles. The Morgan fingerprint density at radius 1 is 1.37 bits per heavy atom. The summed E-state index contributed by atoms with van der Waals surface area (Å²) in [5.74, 6) is 0.0457. The van der Waals surface area contributed by atoms with Crippen LogP contribution in [0.4, 0.5) is 0 Å². The zero-order valence-electron chi connectivity index (χ0n) is 11.1. The van der Waals surface area contributed by atoms with Crippen molar-refractivity contribution in [1.82, 2.24) is 10.2 Å². The van der Waals surface area contributed by atoms with Gasteiger partial charge in [-0.05, 0) is 24.6 Å². The second-order valence-corrected chi connectivity index (χ2v) is 5.17. The van der Waals surface area contributed by atoms with Crippen LogP contribution >= 0.6 is 11.6 Å². The molecule has 0 bridgehead atoms. The Kier molecular flexibility index (Phi) is 5.19. The lowest BCUT2D eigenvalue weighted by Gasteiger charge is -2.26. The van der Waals surface area contributed by atoms with Crippen molar-refractivity contribution in [2.24, 2.45) is 0 Å². The van der Waals surface area contributed by atoms with Crippen molar-refractivity contribution in [3.63, 3.8) is 0 Å². The van der Waals surface area contributed by atoms with E-state index in [1.54, 1.807) is 0 Å². The molecule has 0 radical (unpaired) electrons. The highest BCUT2D eigenvalue weighted by Crippen LogP contribution is 2.15. The Morgan fingerprint density at radius 3 is 2.63 bits per heavy atom. The van der Waals surface area contributed by atoms with Crippen molar-refractivity contribution in [2.45, 2.75) is 13.0 Å². The fourth-order valence-electron chi connectivity index (χ4n) is 2.08. The fraction of sp³-hybridized carbons (Fsp3) is 0.500. The number of amides is 1. The van der Waals surface area contributed by atoms with E-state index in [1.165, 1.54) is 0 Å². The van der Waals surface area contributed by atoms with Crippen LogP contribution in [0.1, 0.15) is 18.5 Å². The van der Waals surface area contributed by atoms with Gasteiger partial charge in [0, 0.05) is 18.1 Å². The Morgan fingerprint density at radius 2 is 2.00 bits per heavy atom. The van der Waals surface area contributed by atoms with Gasteiger partial charge >= 0.3 is 0 Å². The third-order valence-electron chi connectivity index (χ3n) is 3.22. The molecule has 0 aliphatic carbocycles. The van der Waals surface area contributed by atoms with Gasteiger partial charge in [0.15, 0.2) is 0 Å². The van der Waals surface area contributed by atoms with Gasteiger partial charge in [0.2, 0.25) is 5.91 Å². The van der Waals surface area contributed by atoms with Crippen LogP contribution in [-0.2, 0) is 9.53 Å². The molecule has 1 aromatic carbocycles. The first-order chi connectivity index (χ1) is 9.15. The molecular weight excluding hydrogens is 264 g/mol. The van der Waals surface area contributed by atoms with Gasteiger partial charge in [0.25, 0.3) is 0 Å². The lowest BCUT2D eigenvalue weighted by molar-refractivity contribution is -0.123. The number of nitrogens with zero attached hydrogens (tertiary/aromatic N) is 1. The molecule has 1 saturated heterocycles. The number of nitrogens with one attached hydrogen (secondary N) is 1. The molecule has 0 aromatic heterocycles. The van der Waals surface area contributed by atoms with E-state index in [0.717, 1.165) is 18.7 Å². The Balaban J connectivity index is 1.82. The maximum Gasteiger partial charge on any atom is 0.234 e. The van der Waals surface area contributed by atoms with E-state index in [9.17, 15) is 4.79 Å². The Labute approximate surface area is 118 Å². The molecular formula is C14H19ClN2O2. The lowest BCUT2D eigenvalue weighted by atomic mass is 10.1. The summed E-state index contributed by atoms with van der Waals surface area (Å²) in [6.07, 6.45) is 0. The molecule has 5 heteroatoms. The normalized spacial score (nSPS) is 18.0. The van der Waals surface area contributed by atoms with Crippen molar-refractivity contribution in [1.29, 1.82) is 0 Å². The molecule has 4 nitrogen and oxygen atoms in total. The SMILES string of the molecule is C[C@@H](NC(=O)CN1CCOCC1)c1ccc(Cl)cc1. The molecule has 104 valence electrons. The largest absolute Gasteiger partial charge is 0.379 e. The molecule has 1 fully saturated rings. The molecule has 19 heavy (non-hydrogen) atoms. The second-order valence-electron chi connectivity index (χ2n) is 4.73. The maximum atomic E-state index is 11.9. The van der Waals surface area contributed by atoms with Crippen molar-refractivity contribution < 1.29 is 9.53 Å². The van der Waals surface area contributed by atoms with Crippen molar-refractivity contribution in [2.75, 3.05) is 32.8 Å². The highest BCUT2D eigenvalue weighted by Gasteiger charge is 2.15. The molecule has 1 atom stereocenters. The van der Waals surface area contributed by atoms with E-state index in [-0.39, 0.29) is 11.9 Å². The van der Waals surface area contributed by atoms with Crippen LogP contribution in [0.25, 0.3) is 0 Å². The van der Waals surface area contributed by atoms with Crippen LogP contribution in [0.5, 0.6) is 0 Å². The molecule has 1 aliphatic rings. The van der Waals surface area contributed by atoms with Gasteiger partial charge < -0.3 is 10.1 Å². The van der Waals surface area contributed by atoms with Crippen LogP contribution in [0, 0.1) is 0 Å². The summed E-state index contributed by atoms with van der Waals surface area (Å²) < 4.78 is 5.26. The first kappa shape index (κ1) is 14.3. The Bertz CT molecular complexity index is 416. The predicted molar refractivity (Wildman–Crippen MR) is 75.3 cm³/mol. The minimum atomic E-state index is -0.00851. The first-order valence-corrected chi connectivity index (χ1v) is 6.88. The number of morpholine rings is 1. The number of hydrogen-bond donors (Lipinski definition) is 1. The summed E-state index contributed by atoms with van der Waals surface area (Å²) in [6, 6.07) is 7.53. The number of ether oxygens (including phenoxy) is 1. The van der Waals surface area contributed by atoms with E-state index in [0.29, 0.717) is 24.8 Å². The van der Waals surface area contributed by atoms with Gasteiger partial charge in [0.05, 0.1) is 25.8 Å². The smallest absolute Gasteiger partial charge is 0.234 e. The molecule has 1 aromatic rings. The van der Waals surface area contributed by atoms with E-state index < -0.39 is 0 Å². The lowest BCUT2D eigenvalue weighted by Crippen LogP contribution is -2.43. The van der Waals surface area contributed by atoms with Crippen LogP contribution < -0.4 is 5.32 Å². The van der Waals surface area contributed by atoms with E-state index in [1.807, 2.05) is 31.2 Å². The van der Waals surface area contributed by atoms with E-state index in [4.69, 9.17) is 16.3 Å². The summed E-state index contributed by atoms with van der Waals surface area (Å²) in [5.41, 5.74) is 1.06. The fourth-order valence-corrected chi connectivity index (χ4v) is 2.21. The van der Waals surface area contributed by atoms with Crippen LogP contribution in [0.15, 0.2) is 24.3 Å². The summed E-state index contributed by atoms with van der Waals surface area (Å²) in [7, 11) is 0. The molecule has 1 heterocycles. The van der Waals surface area contributed by atoms with Gasteiger partial charge in [-0.15, -0.1) is 0 Å². The van der Waals surface area contributed by atoms with E-state index >= 15 is 0 Å². The molecule has 1 N–H and O–H groups in total. The molecule has 0 spiro atoms. The highest BCUT2D eigenvalue weighted by atomic mass is 35.5. The van der Waals surface area contributed by atoms with Crippen molar-refractivity contribution >= 4 is 17.5 Å². The number of benzene rings is 1. The number of carbonyl (C=O) groups is 1. The van der Waals surface area contributed by atoms with Crippen molar-refractivity contribution in [3.05, 3.63) is 34.9 Å². The topological polar surface area (TPSA) is 41.6 Å². The van der Waals surface area contributed by atoms with Gasteiger partial charge in [-0.25, -0.2) is 0 Å². The third kappa shape index (κ3) is 4.49. The number of carbonyl (C=O) groups excluding carboxylic acids is 1. The molecule has 1 aliphatic heterocycles. The summed E-state index contributed by atoms with van der Waals surface area (Å²) >= 11 is 5.85. The first-order valence-electron chi connectivity index (χ1n) is 6.50. The van der Waals surface area contributed by atoms with Crippen molar-refractivity contribution in [3.8, 4) is 0 Å².